The van der Waals surface area contributed by atoms with Crippen molar-refractivity contribution in [2.75, 3.05) is 13.1 Å². The van der Waals surface area contributed by atoms with Gasteiger partial charge in [0.1, 0.15) is 0 Å². The lowest BCUT2D eigenvalue weighted by atomic mass is 10.1. The van der Waals surface area contributed by atoms with Crippen molar-refractivity contribution < 1.29 is 9.53 Å². The Kier molecular flexibility index (Phi) is 6.07. The van der Waals surface area contributed by atoms with Crippen molar-refractivity contribution >= 4 is 5.91 Å². The second-order valence-corrected chi connectivity index (χ2v) is 7.27. The average molecular weight is 352 g/mol. The molecule has 138 valence electrons. The minimum atomic E-state index is -0.0304. The zero-order chi connectivity index (χ0) is 18.5. The minimum Gasteiger partial charge on any atom is -0.373 e. The van der Waals surface area contributed by atoms with Crippen molar-refractivity contribution in [2.24, 2.45) is 0 Å². The first-order valence-electron chi connectivity index (χ1n) is 9.30. The molecule has 3 rings (SSSR count). The monoisotopic (exact) mass is 352 g/mol. The third-order valence-electron chi connectivity index (χ3n) is 4.73. The third-order valence-corrected chi connectivity index (χ3v) is 4.73. The van der Waals surface area contributed by atoms with Gasteiger partial charge < -0.3 is 10.1 Å². The number of carbonyl (C=O) groups is 1. The molecule has 4 nitrogen and oxygen atoms in total. The van der Waals surface area contributed by atoms with Crippen LogP contribution in [0.1, 0.15) is 40.9 Å². The van der Waals surface area contributed by atoms with Gasteiger partial charge in [0.25, 0.3) is 5.91 Å². The highest BCUT2D eigenvalue weighted by Gasteiger charge is 2.22. The minimum absolute atomic E-state index is 0.0304. The standard InChI is InChI=1S/C22H28N2O2/c1-16-7-6-10-19(11-16)22(25)23-12-20-8-4-5-9-21(20)15-24-13-17(2)26-18(3)14-24/h4-11,17-18H,12-15H2,1-3H3,(H,23,25). The Balaban J connectivity index is 1.64. The number of benzene rings is 2. The van der Waals surface area contributed by atoms with Crippen LogP contribution in [0.2, 0.25) is 0 Å². The van der Waals surface area contributed by atoms with Crippen LogP contribution in [-0.4, -0.2) is 36.1 Å². The number of nitrogens with one attached hydrogen (secondary N) is 1. The number of aryl methyl sites for hydroxylation is 1. The van der Waals surface area contributed by atoms with Crippen molar-refractivity contribution in [3.8, 4) is 0 Å². The Hall–Kier alpha value is -2.17. The van der Waals surface area contributed by atoms with Crippen molar-refractivity contribution in [1.82, 2.24) is 10.2 Å². The van der Waals surface area contributed by atoms with E-state index in [-0.39, 0.29) is 18.1 Å². The van der Waals surface area contributed by atoms with E-state index in [1.165, 1.54) is 11.1 Å². The summed E-state index contributed by atoms with van der Waals surface area (Å²) < 4.78 is 5.82. The lowest BCUT2D eigenvalue weighted by molar-refractivity contribution is -0.0705. The first kappa shape index (κ1) is 18.6. The van der Waals surface area contributed by atoms with Gasteiger partial charge in [-0.1, -0.05) is 42.0 Å². The Morgan fingerprint density at radius 2 is 1.77 bits per heavy atom. The molecule has 1 heterocycles. The molecule has 2 atom stereocenters. The molecule has 1 amide bonds. The first-order valence-corrected chi connectivity index (χ1v) is 9.30. The second kappa shape index (κ2) is 8.47. The highest BCUT2D eigenvalue weighted by atomic mass is 16.5. The number of nitrogens with zero attached hydrogens (tertiary/aromatic N) is 1. The van der Waals surface area contributed by atoms with E-state index in [4.69, 9.17) is 4.74 Å². The summed E-state index contributed by atoms with van der Waals surface area (Å²) in [7, 11) is 0. The predicted octanol–water partition coefficient (Wildman–Crippen LogP) is 3.53. The number of hydrogen-bond donors (Lipinski definition) is 1. The Bertz CT molecular complexity index is 749. The molecule has 26 heavy (non-hydrogen) atoms. The molecule has 0 radical (unpaired) electrons. The number of morpholine rings is 1. The maximum atomic E-state index is 12.4. The number of amides is 1. The predicted molar refractivity (Wildman–Crippen MR) is 104 cm³/mol. The van der Waals surface area contributed by atoms with Crippen LogP contribution >= 0.6 is 0 Å². The molecule has 1 fully saturated rings. The molecule has 0 aliphatic carbocycles. The van der Waals surface area contributed by atoms with Crippen LogP contribution < -0.4 is 5.32 Å². The van der Waals surface area contributed by atoms with E-state index in [2.05, 4.69) is 42.3 Å². The van der Waals surface area contributed by atoms with Crippen molar-refractivity contribution in [1.29, 1.82) is 0 Å². The fourth-order valence-electron chi connectivity index (χ4n) is 3.60. The SMILES string of the molecule is Cc1cccc(C(=O)NCc2ccccc2CN2CC(C)OC(C)C2)c1. The van der Waals surface area contributed by atoms with Gasteiger partial charge in [-0.05, 0) is 44.0 Å². The van der Waals surface area contributed by atoms with Gasteiger partial charge in [-0.3, -0.25) is 9.69 Å². The highest BCUT2D eigenvalue weighted by Crippen LogP contribution is 2.17. The molecule has 1 saturated heterocycles. The summed E-state index contributed by atoms with van der Waals surface area (Å²) in [4.78, 5) is 14.9. The van der Waals surface area contributed by atoms with Gasteiger partial charge in [-0.2, -0.15) is 0 Å². The van der Waals surface area contributed by atoms with Crippen LogP contribution in [0.15, 0.2) is 48.5 Å². The summed E-state index contributed by atoms with van der Waals surface area (Å²) in [6, 6.07) is 16.0. The number of ether oxygens (including phenoxy) is 1. The van der Waals surface area contributed by atoms with Crippen LogP contribution in [0.5, 0.6) is 0 Å². The highest BCUT2D eigenvalue weighted by molar-refractivity contribution is 5.94. The molecule has 2 aromatic rings. The summed E-state index contributed by atoms with van der Waals surface area (Å²) in [5.41, 5.74) is 4.23. The summed E-state index contributed by atoms with van der Waals surface area (Å²) in [5, 5.41) is 3.06. The van der Waals surface area contributed by atoms with Gasteiger partial charge in [0.05, 0.1) is 12.2 Å². The molecule has 0 bridgehead atoms. The van der Waals surface area contributed by atoms with E-state index in [1.807, 2.05) is 37.3 Å². The number of hydrogen-bond acceptors (Lipinski definition) is 3. The number of carbonyl (C=O) groups excluding carboxylic acids is 1. The Labute approximate surface area is 156 Å². The van der Waals surface area contributed by atoms with Crippen molar-refractivity contribution in [3.63, 3.8) is 0 Å². The van der Waals surface area contributed by atoms with Gasteiger partial charge in [0.2, 0.25) is 0 Å². The van der Waals surface area contributed by atoms with Gasteiger partial charge in [-0.15, -0.1) is 0 Å². The van der Waals surface area contributed by atoms with Gasteiger partial charge in [0.15, 0.2) is 0 Å². The first-order chi connectivity index (χ1) is 12.5. The van der Waals surface area contributed by atoms with Crippen LogP contribution in [0.3, 0.4) is 0 Å². The maximum absolute atomic E-state index is 12.4. The van der Waals surface area contributed by atoms with Crippen LogP contribution in [0, 0.1) is 6.92 Å². The smallest absolute Gasteiger partial charge is 0.251 e. The fourth-order valence-corrected chi connectivity index (χ4v) is 3.60. The van der Waals surface area contributed by atoms with Gasteiger partial charge in [0, 0.05) is 31.7 Å². The zero-order valence-corrected chi connectivity index (χ0v) is 15.9. The lowest BCUT2D eigenvalue weighted by Gasteiger charge is -2.35. The molecule has 1 aliphatic rings. The van der Waals surface area contributed by atoms with Crippen LogP contribution in [0.25, 0.3) is 0 Å². The van der Waals surface area contributed by atoms with Crippen molar-refractivity contribution in [2.45, 2.75) is 46.1 Å². The van der Waals surface area contributed by atoms with E-state index >= 15 is 0 Å². The molecule has 2 unspecified atom stereocenters. The normalized spacial score (nSPS) is 20.7. The molecular formula is C22H28N2O2. The topological polar surface area (TPSA) is 41.6 Å². The van der Waals surface area contributed by atoms with E-state index in [1.54, 1.807) is 0 Å². The molecular weight excluding hydrogens is 324 g/mol. The summed E-state index contributed by atoms with van der Waals surface area (Å²) in [6.07, 6.45) is 0.513. The van der Waals surface area contributed by atoms with E-state index in [0.29, 0.717) is 12.1 Å². The van der Waals surface area contributed by atoms with Crippen molar-refractivity contribution in [3.05, 3.63) is 70.8 Å². The molecule has 4 heteroatoms. The molecule has 0 spiro atoms. The largest absolute Gasteiger partial charge is 0.373 e. The molecule has 0 saturated carbocycles. The maximum Gasteiger partial charge on any atom is 0.251 e. The van der Waals surface area contributed by atoms with E-state index in [0.717, 1.165) is 25.2 Å². The van der Waals surface area contributed by atoms with Crippen LogP contribution in [-0.2, 0) is 17.8 Å². The number of rotatable bonds is 5. The Morgan fingerprint density at radius 3 is 2.46 bits per heavy atom. The molecule has 2 aromatic carbocycles. The molecule has 1 aliphatic heterocycles. The van der Waals surface area contributed by atoms with Gasteiger partial charge >= 0.3 is 0 Å². The van der Waals surface area contributed by atoms with Crippen LogP contribution in [0.4, 0.5) is 0 Å². The van der Waals surface area contributed by atoms with E-state index < -0.39 is 0 Å². The second-order valence-electron chi connectivity index (χ2n) is 7.27. The lowest BCUT2D eigenvalue weighted by Crippen LogP contribution is -2.45. The fraction of sp³-hybridized carbons (Fsp3) is 0.409. The quantitative estimate of drug-likeness (QED) is 0.895. The third kappa shape index (κ3) is 4.93. The molecule has 1 N–H and O–H groups in total. The van der Waals surface area contributed by atoms with Gasteiger partial charge in [-0.25, -0.2) is 0 Å². The summed E-state index contributed by atoms with van der Waals surface area (Å²) in [5.74, 6) is -0.0304. The Morgan fingerprint density at radius 1 is 1.08 bits per heavy atom. The summed E-state index contributed by atoms with van der Waals surface area (Å²) in [6.45, 7) is 9.54. The average Bonchev–Trinajstić information content (AvgIpc) is 2.60. The molecule has 0 aromatic heterocycles. The van der Waals surface area contributed by atoms with E-state index in [9.17, 15) is 4.79 Å². The summed E-state index contributed by atoms with van der Waals surface area (Å²) >= 11 is 0. The zero-order valence-electron chi connectivity index (χ0n) is 15.9.